The van der Waals surface area contributed by atoms with Crippen LogP contribution in [0.15, 0.2) is 49.3 Å². The number of ether oxygens (including phenoxy) is 1. The third kappa shape index (κ3) is 4.48. The summed E-state index contributed by atoms with van der Waals surface area (Å²) in [7, 11) is 2.12. The molecule has 1 spiro atoms. The van der Waals surface area contributed by atoms with Crippen molar-refractivity contribution < 1.29 is 13.9 Å². The molecule has 0 amide bonds. The summed E-state index contributed by atoms with van der Waals surface area (Å²) >= 11 is 5.94. The van der Waals surface area contributed by atoms with Gasteiger partial charge in [-0.2, -0.15) is 0 Å². The minimum absolute atomic E-state index is 0.00878. The van der Waals surface area contributed by atoms with Gasteiger partial charge in [0.2, 0.25) is 0 Å². The Hall–Kier alpha value is -3.31. The molecule has 5 rings (SSSR count). The average Bonchev–Trinajstić information content (AvgIpc) is 3.12. The van der Waals surface area contributed by atoms with Crippen LogP contribution in [-0.2, 0) is 16.0 Å². The Morgan fingerprint density at radius 2 is 2.17 bits per heavy atom. The third-order valence-corrected chi connectivity index (χ3v) is 7.30. The van der Waals surface area contributed by atoms with Gasteiger partial charge in [0.05, 0.1) is 35.0 Å². The summed E-state index contributed by atoms with van der Waals surface area (Å²) in [5, 5.41) is 3.66. The van der Waals surface area contributed by atoms with E-state index in [1.165, 1.54) is 18.5 Å². The summed E-state index contributed by atoms with van der Waals surface area (Å²) in [6.07, 6.45) is 3.78. The van der Waals surface area contributed by atoms with E-state index in [-0.39, 0.29) is 33.9 Å². The summed E-state index contributed by atoms with van der Waals surface area (Å²) in [4.78, 5) is 23.4. The molecule has 8 heteroatoms. The van der Waals surface area contributed by atoms with Crippen molar-refractivity contribution in [1.29, 1.82) is 0 Å². The van der Waals surface area contributed by atoms with E-state index >= 15 is 0 Å². The van der Waals surface area contributed by atoms with Gasteiger partial charge in [0.1, 0.15) is 12.1 Å². The van der Waals surface area contributed by atoms with E-state index in [4.69, 9.17) is 16.3 Å². The molecule has 36 heavy (non-hydrogen) atoms. The van der Waals surface area contributed by atoms with E-state index in [1.807, 2.05) is 12.1 Å². The quantitative estimate of drug-likeness (QED) is 0.393. The molecule has 0 bridgehead atoms. The highest BCUT2D eigenvalue weighted by Crippen LogP contribution is 2.44. The van der Waals surface area contributed by atoms with Crippen LogP contribution in [0.3, 0.4) is 0 Å². The number of allylic oxidation sites excluding steroid dienone is 1. The van der Waals surface area contributed by atoms with Crippen LogP contribution in [0, 0.1) is 23.1 Å². The second-order valence-corrected chi connectivity index (χ2v) is 10.3. The largest absolute Gasteiger partial charge is 0.377 e. The highest BCUT2D eigenvalue weighted by atomic mass is 35.5. The Balaban J connectivity index is 1.55. The third-order valence-electron chi connectivity index (χ3n) is 7.01. The number of nitrogens with zero attached hydrogens (tertiary/aromatic N) is 3. The molecule has 2 aromatic carbocycles. The first-order valence-electron chi connectivity index (χ1n) is 11.7. The van der Waals surface area contributed by atoms with Gasteiger partial charge in [-0.25, -0.2) is 14.4 Å². The molecule has 1 unspecified atom stereocenters. The molecule has 3 heterocycles. The summed E-state index contributed by atoms with van der Waals surface area (Å²) in [5.74, 6) is 6.55. The normalized spacial score (nSPS) is 20.6. The van der Waals surface area contributed by atoms with Crippen molar-refractivity contribution >= 4 is 39.8 Å². The van der Waals surface area contributed by atoms with E-state index in [9.17, 15) is 9.18 Å². The number of likely N-dealkylation sites (tertiary alicyclic amines) is 1. The van der Waals surface area contributed by atoms with E-state index in [1.54, 1.807) is 12.1 Å². The van der Waals surface area contributed by atoms with Crippen LogP contribution in [0.5, 0.6) is 0 Å². The number of nitrogens with one attached hydrogen (secondary N) is 1. The Morgan fingerprint density at radius 1 is 1.36 bits per heavy atom. The van der Waals surface area contributed by atoms with Gasteiger partial charge in [0, 0.05) is 29.3 Å². The van der Waals surface area contributed by atoms with Crippen LogP contribution in [-0.4, -0.2) is 53.0 Å². The molecular weight excluding hydrogens is 479 g/mol. The van der Waals surface area contributed by atoms with Gasteiger partial charge < -0.3 is 10.1 Å². The van der Waals surface area contributed by atoms with E-state index in [0.29, 0.717) is 16.7 Å². The first kappa shape index (κ1) is 24.4. The van der Waals surface area contributed by atoms with Crippen LogP contribution in [0.2, 0.25) is 5.02 Å². The highest BCUT2D eigenvalue weighted by molar-refractivity contribution is 6.31. The predicted octanol–water partition coefficient (Wildman–Crippen LogP) is 4.93. The Kier molecular flexibility index (Phi) is 6.29. The molecule has 3 aromatic rings. The zero-order valence-electron chi connectivity index (χ0n) is 20.2. The van der Waals surface area contributed by atoms with Crippen molar-refractivity contribution in [3.63, 3.8) is 0 Å². The van der Waals surface area contributed by atoms with Crippen molar-refractivity contribution in [3.8, 4) is 11.8 Å². The molecule has 2 fully saturated rings. The number of hydrogen-bond donors (Lipinski definition) is 1. The second-order valence-electron chi connectivity index (χ2n) is 9.88. The molecule has 0 saturated carbocycles. The number of benzene rings is 2. The first-order chi connectivity index (χ1) is 17.2. The number of anilines is 2. The van der Waals surface area contributed by atoms with Crippen molar-refractivity contribution in [1.82, 2.24) is 14.9 Å². The van der Waals surface area contributed by atoms with Gasteiger partial charge in [-0.05, 0) is 56.3 Å². The lowest BCUT2D eigenvalue weighted by Gasteiger charge is -2.43. The fourth-order valence-corrected chi connectivity index (χ4v) is 5.24. The van der Waals surface area contributed by atoms with Gasteiger partial charge in [0.25, 0.3) is 0 Å². The molecule has 2 aliphatic rings. The number of fused-ring (bicyclic) bond motifs is 1. The Bertz CT molecular complexity index is 1440. The second kappa shape index (κ2) is 9.29. The molecular formula is C28H26ClFN4O2. The molecule has 6 nitrogen and oxygen atoms in total. The number of likely N-dealkylation sites (N-methyl/N-ethyl adjacent to an activating group) is 1. The molecule has 0 aliphatic carbocycles. The maximum Gasteiger partial charge on any atom is 0.165 e. The lowest BCUT2D eigenvalue weighted by Crippen LogP contribution is -2.57. The molecule has 1 N–H and O–H groups in total. The van der Waals surface area contributed by atoms with Crippen LogP contribution >= 0.6 is 11.6 Å². The lowest BCUT2D eigenvalue weighted by atomic mass is 9.81. The minimum Gasteiger partial charge on any atom is -0.377 e. The zero-order valence-corrected chi connectivity index (χ0v) is 21.0. The first-order valence-corrected chi connectivity index (χ1v) is 12.1. The fourth-order valence-electron chi connectivity index (χ4n) is 5.07. The van der Waals surface area contributed by atoms with Crippen molar-refractivity contribution in [2.24, 2.45) is 5.41 Å². The fraction of sp³-hybridized carbons (Fsp3) is 0.321. The topological polar surface area (TPSA) is 67.4 Å². The van der Waals surface area contributed by atoms with Gasteiger partial charge in [-0.3, -0.25) is 9.69 Å². The summed E-state index contributed by atoms with van der Waals surface area (Å²) in [6, 6.07) is 8.41. The van der Waals surface area contributed by atoms with Crippen molar-refractivity contribution in [2.75, 3.05) is 32.1 Å². The number of ketones is 1. The van der Waals surface area contributed by atoms with E-state index in [0.717, 1.165) is 37.3 Å². The molecule has 1 atom stereocenters. The number of aromatic nitrogens is 2. The van der Waals surface area contributed by atoms with Gasteiger partial charge >= 0.3 is 0 Å². The standard InChI is InChI=1S/C28H26ClFN4O2/c1-4-20(35)10-19-11-21-24(31-17-32-26(21)33-23-7-5-6-22(29)25(23)30)12-18(19)8-9-27(2)13-28(15-36-16-28)34(3)14-27/h4-7,11-12,17H,1,10,13-16H2,2-3H3,(H,31,32,33). The molecule has 184 valence electrons. The summed E-state index contributed by atoms with van der Waals surface area (Å²) < 4.78 is 20.0. The Morgan fingerprint density at radius 3 is 2.86 bits per heavy atom. The van der Waals surface area contributed by atoms with Crippen LogP contribution in [0.1, 0.15) is 24.5 Å². The minimum atomic E-state index is -0.570. The summed E-state index contributed by atoms with van der Waals surface area (Å²) in [6.45, 7) is 8.09. The van der Waals surface area contributed by atoms with Crippen molar-refractivity contribution in [2.45, 2.75) is 25.3 Å². The van der Waals surface area contributed by atoms with E-state index in [2.05, 4.69) is 52.6 Å². The van der Waals surface area contributed by atoms with Crippen molar-refractivity contribution in [3.05, 3.63) is 71.3 Å². The van der Waals surface area contributed by atoms with Crippen LogP contribution in [0.25, 0.3) is 10.9 Å². The number of halogens is 2. The summed E-state index contributed by atoms with van der Waals surface area (Å²) in [5.41, 5.74) is 2.16. The number of rotatable bonds is 5. The number of carbonyl (C=O) groups is 1. The SMILES string of the molecule is C=CC(=O)Cc1cc2c(Nc3cccc(Cl)c3F)ncnc2cc1C#CC1(C)CN(C)C2(COC2)C1. The monoisotopic (exact) mass is 504 g/mol. The van der Waals surface area contributed by atoms with Gasteiger partial charge in [0.15, 0.2) is 11.6 Å². The molecule has 0 radical (unpaired) electrons. The average molecular weight is 505 g/mol. The van der Waals surface area contributed by atoms with Gasteiger partial charge in [-0.1, -0.05) is 36.1 Å². The smallest absolute Gasteiger partial charge is 0.165 e. The molecule has 2 saturated heterocycles. The van der Waals surface area contributed by atoms with Crippen LogP contribution in [0.4, 0.5) is 15.9 Å². The highest BCUT2D eigenvalue weighted by Gasteiger charge is 2.53. The lowest BCUT2D eigenvalue weighted by molar-refractivity contribution is -0.115. The van der Waals surface area contributed by atoms with Crippen LogP contribution < -0.4 is 5.32 Å². The van der Waals surface area contributed by atoms with Gasteiger partial charge in [-0.15, -0.1) is 0 Å². The predicted molar refractivity (Wildman–Crippen MR) is 139 cm³/mol. The maximum absolute atomic E-state index is 14.5. The Labute approximate surface area is 214 Å². The molecule has 1 aromatic heterocycles. The maximum atomic E-state index is 14.5. The molecule has 2 aliphatic heterocycles. The van der Waals surface area contributed by atoms with E-state index < -0.39 is 5.82 Å². The number of hydrogen-bond acceptors (Lipinski definition) is 6. The number of carbonyl (C=O) groups excluding carboxylic acids is 1. The zero-order chi connectivity index (χ0) is 25.5.